The van der Waals surface area contributed by atoms with Crippen molar-refractivity contribution in [1.29, 1.82) is 0 Å². The fraction of sp³-hybridized carbons (Fsp3) is 0.176. The minimum atomic E-state index is -3.77. The van der Waals surface area contributed by atoms with Crippen molar-refractivity contribution in [2.45, 2.75) is 11.4 Å². The van der Waals surface area contributed by atoms with Crippen molar-refractivity contribution in [3.8, 4) is 0 Å². The molecule has 0 aliphatic heterocycles. The molecule has 0 aromatic heterocycles. The molecule has 3 N–H and O–H groups in total. The predicted molar refractivity (Wildman–Crippen MR) is 106 cm³/mol. The van der Waals surface area contributed by atoms with Gasteiger partial charge in [0.05, 0.1) is 18.0 Å². The van der Waals surface area contributed by atoms with Crippen LogP contribution in [-0.2, 0) is 26.2 Å². The molecule has 2 amide bonds. The van der Waals surface area contributed by atoms with Crippen molar-refractivity contribution < 1.29 is 18.0 Å². The largest absolute Gasteiger partial charge is 0.350 e. The van der Waals surface area contributed by atoms with Gasteiger partial charge in [-0.05, 0) is 52.4 Å². The highest BCUT2D eigenvalue weighted by Gasteiger charge is 2.15. The first-order valence-corrected chi connectivity index (χ1v) is 10.3. The monoisotopic (exact) mass is 487 g/mol. The minimum Gasteiger partial charge on any atom is -0.350 e. The molecule has 0 bridgehead atoms. The molecule has 0 fully saturated rings. The Morgan fingerprint density at radius 2 is 1.46 bits per heavy atom. The van der Waals surface area contributed by atoms with Gasteiger partial charge in [0, 0.05) is 10.1 Å². The third kappa shape index (κ3) is 6.73. The maximum atomic E-state index is 12.1. The van der Waals surface area contributed by atoms with Gasteiger partial charge in [-0.25, -0.2) is 13.1 Å². The fourth-order valence-corrected chi connectivity index (χ4v) is 3.30. The molecule has 0 spiro atoms. The topological polar surface area (TPSA) is 104 Å². The van der Waals surface area contributed by atoms with Crippen molar-refractivity contribution in [2.24, 2.45) is 0 Å². The molecule has 0 aliphatic carbocycles. The summed E-state index contributed by atoms with van der Waals surface area (Å²) in [7, 11) is -3.77. The lowest BCUT2D eigenvalue weighted by Gasteiger charge is -2.09. The smallest absolute Gasteiger partial charge is 0.241 e. The van der Waals surface area contributed by atoms with E-state index in [1.165, 1.54) is 12.1 Å². The summed E-state index contributed by atoms with van der Waals surface area (Å²) in [5.41, 5.74) is 0.942. The highest BCUT2D eigenvalue weighted by atomic mass is 127. The summed E-state index contributed by atoms with van der Waals surface area (Å²) < 4.78 is 27.3. The Morgan fingerprint density at radius 3 is 2.12 bits per heavy atom. The SMILES string of the molecule is O=C(CNC(=O)CNS(=O)(=O)c1ccc(I)cc1)NCc1ccccc1. The van der Waals surface area contributed by atoms with E-state index in [2.05, 4.69) is 37.9 Å². The number of carbonyl (C=O) groups excluding carboxylic acids is 2. The van der Waals surface area contributed by atoms with Crippen LogP contribution in [0.2, 0.25) is 0 Å². The van der Waals surface area contributed by atoms with Gasteiger partial charge in [-0.3, -0.25) is 9.59 Å². The quantitative estimate of drug-likeness (QED) is 0.484. The van der Waals surface area contributed by atoms with E-state index in [1.54, 1.807) is 12.1 Å². The Balaban J connectivity index is 1.73. The third-order valence-electron chi connectivity index (χ3n) is 3.33. The summed E-state index contributed by atoms with van der Waals surface area (Å²) in [5, 5.41) is 5.04. The molecule has 0 saturated heterocycles. The van der Waals surface area contributed by atoms with Crippen molar-refractivity contribution in [1.82, 2.24) is 15.4 Å². The van der Waals surface area contributed by atoms with E-state index in [9.17, 15) is 18.0 Å². The molecule has 7 nitrogen and oxygen atoms in total. The first-order chi connectivity index (χ1) is 12.4. The van der Waals surface area contributed by atoms with Crippen LogP contribution < -0.4 is 15.4 Å². The molecular formula is C17H18IN3O4S. The standard InChI is InChI=1S/C17H18IN3O4S/c18-14-6-8-15(9-7-14)26(24,25)21-12-17(23)20-11-16(22)19-10-13-4-2-1-3-5-13/h1-9,21H,10-12H2,(H,19,22)(H,20,23). The lowest BCUT2D eigenvalue weighted by Crippen LogP contribution is -2.41. The molecular weight excluding hydrogens is 469 g/mol. The van der Waals surface area contributed by atoms with Gasteiger partial charge in [-0.1, -0.05) is 30.3 Å². The molecule has 0 aliphatic rings. The summed E-state index contributed by atoms with van der Waals surface area (Å²) in [5.74, 6) is -0.948. The molecule has 2 aromatic rings. The van der Waals surface area contributed by atoms with Crippen LogP contribution in [0.25, 0.3) is 0 Å². The minimum absolute atomic E-state index is 0.0753. The lowest BCUT2D eigenvalue weighted by atomic mass is 10.2. The third-order valence-corrected chi connectivity index (χ3v) is 5.46. The average molecular weight is 487 g/mol. The average Bonchev–Trinajstić information content (AvgIpc) is 2.64. The Labute approximate surface area is 165 Å². The number of hydrogen-bond acceptors (Lipinski definition) is 4. The van der Waals surface area contributed by atoms with Gasteiger partial charge in [0.15, 0.2) is 0 Å². The van der Waals surface area contributed by atoms with E-state index in [0.29, 0.717) is 6.54 Å². The molecule has 2 aromatic carbocycles. The normalized spacial score (nSPS) is 11.0. The second kappa shape index (κ2) is 9.64. The number of sulfonamides is 1. The predicted octanol–water partition coefficient (Wildman–Crippen LogP) is 1.00. The molecule has 138 valence electrons. The van der Waals surface area contributed by atoms with Gasteiger partial charge < -0.3 is 10.6 Å². The number of halogens is 1. The van der Waals surface area contributed by atoms with Crippen LogP contribution >= 0.6 is 22.6 Å². The van der Waals surface area contributed by atoms with Gasteiger partial charge in [-0.2, -0.15) is 0 Å². The second-order valence-electron chi connectivity index (χ2n) is 5.32. The van der Waals surface area contributed by atoms with Gasteiger partial charge in [-0.15, -0.1) is 0 Å². The number of benzene rings is 2. The van der Waals surface area contributed by atoms with Crippen LogP contribution in [-0.4, -0.2) is 33.3 Å². The fourth-order valence-electron chi connectivity index (χ4n) is 1.96. The molecule has 26 heavy (non-hydrogen) atoms. The highest BCUT2D eigenvalue weighted by Crippen LogP contribution is 2.11. The first-order valence-electron chi connectivity index (χ1n) is 7.69. The van der Waals surface area contributed by atoms with Gasteiger partial charge in [0.2, 0.25) is 21.8 Å². The van der Waals surface area contributed by atoms with Crippen LogP contribution in [0.15, 0.2) is 59.5 Å². The van der Waals surface area contributed by atoms with E-state index in [-0.39, 0.29) is 17.3 Å². The molecule has 0 unspecified atom stereocenters. The van der Waals surface area contributed by atoms with E-state index >= 15 is 0 Å². The second-order valence-corrected chi connectivity index (χ2v) is 8.33. The van der Waals surface area contributed by atoms with Crippen molar-refractivity contribution >= 4 is 44.4 Å². The van der Waals surface area contributed by atoms with Crippen LogP contribution in [0.3, 0.4) is 0 Å². The van der Waals surface area contributed by atoms with Crippen molar-refractivity contribution in [3.05, 3.63) is 63.7 Å². The van der Waals surface area contributed by atoms with Gasteiger partial charge in [0.1, 0.15) is 0 Å². The number of nitrogens with one attached hydrogen (secondary N) is 3. The zero-order chi connectivity index (χ0) is 19.0. The Kier molecular flexibility index (Phi) is 7.54. The Hall–Kier alpha value is -1.98. The summed E-state index contributed by atoms with van der Waals surface area (Å²) in [6, 6.07) is 15.6. The maximum absolute atomic E-state index is 12.1. The molecule has 0 saturated carbocycles. The van der Waals surface area contributed by atoms with Crippen LogP contribution in [0, 0.1) is 3.57 Å². The number of hydrogen-bond donors (Lipinski definition) is 3. The Morgan fingerprint density at radius 1 is 0.846 bits per heavy atom. The summed E-state index contributed by atoms with van der Waals surface area (Å²) >= 11 is 2.07. The van der Waals surface area contributed by atoms with Crippen molar-refractivity contribution in [2.75, 3.05) is 13.1 Å². The maximum Gasteiger partial charge on any atom is 0.241 e. The van der Waals surface area contributed by atoms with Crippen LogP contribution in [0.4, 0.5) is 0 Å². The van der Waals surface area contributed by atoms with Crippen LogP contribution in [0.5, 0.6) is 0 Å². The molecule has 9 heteroatoms. The zero-order valence-corrected chi connectivity index (χ0v) is 16.7. The number of amides is 2. The van der Waals surface area contributed by atoms with E-state index < -0.39 is 22.5 Å². The summed E-state index contributed by atoms with van der Waals surface area (Å²) in [4.78, 5) is 23.5. The molecule has 2 rings (SSSR count). The number of carbonyl (C=O) groups is 2. The Bertz CT molecular complexity index is 855. The summed E-state index contributed by atoms with van der Waals surface area (Å²) in [6.45, 7) is -0.313. The molecule has 0 atom stereocenters. The van der Waals surface area contributed by atoms with Crippen LogP contribution in [0.1, 0.15) is 5.56 Å². The van der Waals surface area contributed by atoms with E-state index in [4.69, 9.17) is 0 Å². The van der Waals surface area contributed by atoms with E-state index in [0.717, 1.165) is 9.13 Å². The molecule has 0 heterocycles. The summed E-state index contributed by atoms with van der Waals surface area (Å²) in [6.07, 6.45) is 0. The highest BCUT2D eigenvalue weighted by molar-refractivity contribution is 14.1. The van der Waals surface area contributed by atoms with Gasteiger partial charge >= 0.3 is 0 Å². The van der Waals surface area contributed by atoms with E-state index in [1.807, 2.05) is 30.3 Å². The van der Waals surface area contributed by atoms with Gasteiger partial charge in [0.25, 0.3) is 0 Å². The first kappa shape index (κ1) is 20.3. The van der Waals surface area contributed by atoms with Crippen molar-refractivity contribution in [3.63, 3.8) is 0 Å². The zero-order valence-electron chi connectivity index (χ0n) is 13.7. The number of rotatable bonds is 8. The lowest BCUT2D eigenvalue weighted by molar-refractivity contribution is -0.125. The molecule has 0 radical (unpaired) electrons.